The van der Waals surface area contributed by atoms with Gasteiger partial charge in [0.25, 0.3) is 0 Å². The summed E-state index contributed by atoms with van der Waals surface area (Å²) in [5, 5.41) is 13.7. The van der Waals surface area contributed by atoms with Crippen LogP contribution in [-0.4, -0.2) is 40.0 Å². The second kappa shape index (κ2) is 4.99. The number of ether oxygens (including phenoxy) is 1. The second-order valence-corrected chi connectivity index (χ2v) is 5.46. The van der Waals surface area contributed by atoms with E-state index in [9.17, 15) is 5.11 Å². The molecule has 0 aromatic carbocycles. The molecule has 1 aliphatic heterocycles. The summed E-state index contributed by atoms with van der Waals surface area (Å²) >= 11 is 0. The molecular formula is C13H21N3O2. The average Bonchev–Trinajstić information content (AvgIpc) is 3.11. The Morgan fingerprint density at radius 3 is 2.94 bits per heavy atom. The van der Waals surface area contributed by atoms with Crippen LogP contribution in [0.25, 0.3) is 0 Å². The molecule has 1 aromatic heterocycles. The number of rotatable bonds is 5. The molecule has 2 aliphatic rings. The van der Waals surface area contributed by atoms with E-state index in [4.69, 9.17) is 4.74 Å². The molecular weight excluding hydrogens is 230 g/mol. The van der Waals surface area contributed by atoms with Crippen LogP contribution in [0.2, 0.25) is 0 Å². The zero-order valence-corrected chi connectivity index (χ0v) is 10.6. The molecule has 18 heavy (non-hydrogen) atoms. The lowest BCUT2D eigenvalue weighted by Crippen LogP contribution is -2.44. The van der Waals surface area contributed by atoms with Gasteiger partial charge in [-0.1, -0.05) is 0 Å². The number of hydrogen-bond acceptors (Lipinski definition) is 4. The lowest BCUT2D eigenvalue weighted by Gasteiger charge is -2.32. The largest absolute Gasteiger partial charge is 0.388 e. The van der Waals surface area contributed by atoms with Gasteiger partial charge in [0.1, 0.15) is 0 Å². The first-order valence-corrected chi connectivity index (χ1v) is 6.78. The van der Waals surface area contributed by atoms with Gasteiger partial charge in [-0.2, -0.15) is 0 Å². The lowest BCUT2D eigenvalue weighted by atomic mass is 9.94. The van der Waals surface area contributed by atoms with Gasteiger partial charge in [0.15, 0.2) is 0 Å². The zero-order valence-electron chi connectivity index (χ0n) is 10.6. The quantitative estimate of drug-likeness (QED) is 0.814. The van der Waals surface area contributed by atoms with Crippen LogP contribution in [0.1, 0.15) is 37.4 Å². The zero-order chi connectivity index (χ0) is 12.4. The maximum absolute atomic E-state index is 10.3. The SMILES string of the molecule is OC1(CNCc2cncn2C2CC2)CCOCC1. The van der Waals surface area contributed by atoms with E-state index in [0.29, 0.717) is 25.8 Å². The third-order valence-corrected chi connectivity index (χ3v) is 3.87. The van der Waals surface area contributed by atoms with Crippen molar-refractivity contribution in [1.29, 1.82) is 0 Å². The molecule has 2 fully saturated rings. The van der Waals surface area contributed by atoms with E-state index < -0.39 is 5.60 Å². The first-order chi connectivity index (χ1) is 8.77. The molecule has 0 spiro atoms. The Bertz CT molecular complexity index is 395. The van der Waals surface area contributed by atoms with Crippen LogP contribution in [0.15, 0.2) is 12.5 Å². The first-order valence-electron chi connectivity index (χ1n) is 6.78. The summed E-state index contributed by atoms with van der Waals surface area (Å²) in [6, 6.07) is 0.662. The Labute approximate surface area is 107 Å². The fraction of sp³-hybridized carbons (Fsp3) is 0.769. The summed E-state index contributed by atoms with van der Waals surface area (Å²) in [6.07, 6.45) is 7.82. The van der Waals surface area contributed by atoms with Crippen molar-refractivity contribution < 1.29 is 9.84 Å². The van der Waals surface area contributed by atoms with Gasteiger partial charge in [-0.25, -0.2) is 4.98 Å². The number of nitrogens with one attached hydrogen (secondary N) is 1. The smallest absolute Gasteiger partial charge is 0.0951 e. The van der Waals surface area contributed by atoms with E-state index in [2.05, 4.69) is 14.9 Å². The van der Waals surface area contributed by atoms with Crippen molar-refractivity contribution in [3.63, 3.8) is 0 Å². The van der Waals surface area contributed by atoms with Crippen LogP contribution < -0.4 is 5.32 Å². The highest BCUT2D eigenvalue weighted by molar-refractivity contribution is 5.03. The number of aliphatic hydroxyl groups is 1. The fourth-order valence-electron chi connectivity index (χ4n) is 2.50. The molecule has 100 valence electrons. The molecule has 5 nitrogen and oxygen atoms in total. The van der Waals surface area contributed by atoms with Crippen molar-refractivity contribution in [2.24, 2.45) is 0 Å². The minimum Gasteiger partial charge on any atom is -0.388 e. The van der Waals surface area contributed by atoms with Gasteiger partial charge < -0.3 is 19.7 Å². The van der Waals surface area contributed by atoms with Crippen molar-refractivity contribution >= 4 is 0 Å². The molecule has 3 rings (SSSR count). The van der Waals surface area contributed by atoms with Crippen molar-refractivity contribution in [2.75, 3.05) is 19.8 Å². The second-order valence-electron chi connectivity index (χ2n) is 5.46. The first kappa shape index (κ1) is 12.1. The van der Waals surface area contributed by atoms with Gasteiger partial charge in [-0.3, -0.25) is 0 Å². The van der Waals surface area contributed by atoms with Crippen LogP contribution in [0.4, 0.5) is 0 Å². The normalized spacial score (nSPS) is 23.2. The van der Waals surface area contributed by atoms with E-state index in [0.717, 1.165) is 19.4 Å². The lowest BCUT2D eigenvalue weighted by molar-refractivity contribution is -0.0617. The maximum atomic E-state index is 10.3. The molecule has 5 heteroatoms. The number of aromatic nitrogens is 2. The highest BCUT2D eigenvalue weighted by Gasteiger charge is 2.29. The number of nitrogens with zero attached hydrogens (tertiary/aromatic N) is 2. The van der Waals surface area contributed by atoms with E-state index in [1.807, 2.05) is 12.5 Å². The predicted molar refractivity (Wildman–Crippen MR) is 67.2 cm³/mol. The average molecular weight is 251 g/mol. The highest BCUT2D eigenvalue weighted by Crippen LogP contribution is 2.35. The molecule has 1 saturated heterocycles. The number of hydrogen-bond donors (Lipinski definition) is 2. The predicted octanol–water partition coefficient (Wildman–Crippen LogP) is 0.849. The Morgan fingerprint density at radius 2 is 2.22 bits per heavy atom. The third-order valence-electron chi connectivity index (χ3n) is 3.87. The van der Waals surface area contributed by atoms with Gasteiger partial charge >= 0.3 is 0 Å². The van der Waals surface area contributed by atoms with Gasteiger partial charge in [0.05, 0.1) is 17.6 Å². The molecule has 0 unspecified atom stereocenters. The van der Waals surface area contributed by atoms with E-state index >= 15 is 0 Å². The van der Waals surface area contributed by atoms with Gasteiger partial charge in [-0.05, 0) is 12.8 Å². The van der Waals surface area contributed by atoms with Gasteiger partial charge in [0.2, 0.25) is 0 Å². The Kier molecular flexibility index (Phi) is 3.37. The summed E-state index contributed by atoms with van der Waals surface area (Å²) in [5.74, 6) is 0. The standard InChI is InChI=1S/C13H21N3O2/c17-13(3-5-18-6-4-13)9-14-7-12-8-15-10-16(12)11-1-2-11/h8,10-11,14,17H,1-7,9H2. The van der Waals surface area contributed by atoms with Crippen molar-refractivity contribution in [3.05, 3.63) is 18.2 Å². The van der Waals surface area contributed by atoms with Crippen LogP contribution in [-0.2, 0) is 11.3 Å². The molecule has 1 aromatic rings. The van der Waals surface area contributed by atoms with Crippen LogP contribution in [0.5, 0.6) is 0 Å². The summed E-state index contributed by atoms with van der Waals surface area (Å²) < 4.78 is 7.53. The topological polar surface area (TPSA) is 59.3 Å². The van der Waals surface area contributed by atoms with Crippen molar-refractivity contribution in [3.8, 4) is 0 Å². The van der Waals surface area contributed by atoms with E-state index in [-0.39, 0.29) is 0 Å². The van der Waals surface area contributed by atoms with Gasteiger partial charge in [-0.15, -0.1) is 0 Å². The summed E-state index contributed by atoms with van der Waals surface area (Å²) in [5.41, 5.74) is 0.621. The van der Waals surface area contributed by atoms with Crippen LogP contribution >= 0.6 is 0 Å². The van der Waals surface area contributed by atoms with E-state index in [1.165, 1.54) is 18.5 Å². The summed E-state index contributed by atoms with van der Waals surface area (Å²) in [4.78, 5) is 4.21. The minimum atomic E-state index is -0.595. The fourth-order valence-corrected chi connectivity index (χ4v) is 2.50. The molecule has 0 amide bonds. The molecule has 1 aliphatic carbocycles. The molecule has 2 heterocycles. The molecule has 1 saturated carbocycles. The van der Waals surface area contributed by atoms with Crippen molar-refractivity contribution in [2.45, 2.75) is 43.9 Å². The van der Waals surface area contributed by atoms with E-state index in [1.54, 1.807) is 0 Å². The van der Waals surface area contributed by atoms with Crippen molar-refractivity contribution in [1.82, 2.24) is 14.9 Å². The monoisotopic (exact) mass is 251 g/mol. The minimum absolute atomic E-state index is 0.595. The summed E-state index contributed by atoms with van der Waals surface area (Å²) in [6.45, 7) is 2.74. The highest BCUT2D eigenvalue weighted by atomic mass is 16.5. The maximum Gasteiger partial charge on any atom is 0.0951 e. The van der Waals surface area contributed by atoms with Crippen LogP contribution in [0.3, 0.4) is 0 Å². The third kappa shape index (κ3) is 2.74. The molecule has 0 bridgehead atoms. The van der Waals surface area contributed by atoms with Crippen LogP contribution in [0, 0.1) is 0 Å². The van der Waals surface area contributed by atoms with Gasteiger partial charge in [0, 0.05) is 51.4 Å². The Hall–Kier alpha value is -0.910. The Balaban J connectivity index is 1.50. The summed E-state index contributed by atoms with van der Waals surface area (Å²) in [7, 11) is 0. The number of imidazole rings is 1. The molecule has 2 N–H and O–H groups in total. The molecule has 0 atom stereocenters. The Morgan fingerprint density at radius 1 is 1.44 bits per heavy atom. The molecule has 0 radical (unpaired) electrons.